The SMILES string of the molecule is Cn1c(C(F)F)cnc1Br. The lowest BCUT2D eigenvalue weighted by Gasteiger charge is -1.98. The molecule has 1 aromatic heterocycles. The van der Waals surface area contributed by atoms with Crippen molar-refractivity contribution in [1.82, 2.24) is 9.55 Å². The number of rotatable bonds is 1. The van der Waals surface area contributed by atoms with Crippen LogP contribution in [-0.4, -0.2) is 9.55 Å². The van der Waals surface area contributed by atoms with E-state index in [-0.39, 0.29) is 5.69 Å². The van der Waals surface area contributed by atoms with Crippen molar-refractivity contribution in [3.63, 3.8) is 0 Å². The van der Waals surface area contributed by atoms with Gasteiger partial charge in [0, 0.05) is 7.05 Å². The van der Waals surface area contributed by atoms with E-state index in [1.54, 1.807) is 0 Å². The van der Waals surface area contributed by atoms with Crippen LogP contribution in [0.15, 0.2) is 10.9 Å². The molecule has 0 atom stereocenters. The van der Waals surface area contributed by atoms with E-state index >= 15 is 0 Å². The van der Waals surface area contributed by atoms with E-state index in [0.29, 0.717) is 4.73 Å². The zero-order valence-electron chi connectivity index (χ0n) is 5.18. The van der Waals surface area contributed by atoms with Gasteiger partial charge in [0.1, 0.15) is 5.69 Å². The maximum atomic E-state index is 12.0. The van der Waals surface area contributed by atoms with Crippen LogP contribution in [0.4, 0.5) is 8.78 Å². The Morgan fingerprint density at radius 3 is 2.50 bits per heavy atom. The van der Waals surface area contributed by atoms with Crippen LogP contribution >= 0.6 is 15.9 Å². The Balaban J connectivity index is 3.05. The van der Waals surface area contributed by atoms with Gasteiger partial charge in [0.05, 0.1) is 6.20 Å². The zero-order chi connectivity index (χ0) is 7.72. The van der Waals surface area contributed by atoms with Gasteiger partial charge >= 0.3 is 0 Å². The van der Waals surface area contributed by atoms with E-state index in [4.69, 9.17) is 0 Å². The second kappa shape index (κ2) is 2.65. The first-order valence-electron chi connectivity index (χ1n) is 2.58. The van der Waals surface area contributed by atoms with E-state index < -0.39 is 6.43 Å². The smallest absolute Gasteiger partial charge is 0.280 e. The highest BCUT2D eigenvalue weighted by Gasteiger charge is 2.12. The highest BCUT2D eigenvalue weighted by atomic mass is 79.9. The standard InChI is InChI=1S/C5H5BrF2N2/c1-10-3(4(7)8)2-9-5(10)6/h2,4H,1H3. The van der Waals surface area contributed by atoms with Crippen LogP contribution in [0.1, 0.15) is 12.1 Å². The first-order chi connectivity index (χ1) is 4.63. The topological polar surface area (TPSA) is 17.8 Å². The number of imidazole rings is 1. The summed E-state index contributed by atoms with van der Waals surface area (Å²) in [6, 6.07) is 0. The van der Waals surface area contributed by atoms with Gasteiger partial charge in [-0.3, -0.25) is 0 Å². The fourth-order valence-electron chi connectivity index (χ4n) is 0.602. The molecule has 1 aromatic rings. The normalized spacial score (nSPS) is 10.9. The molecule has 0 aliphatic carbocycles. The molecule has 0 N–H and O–H groups in total. The van der Waals surface area contributed by atoms with Crippen LogP contribution in [0.25, 0.3) is 0 Å². The van der Waals surface area contributed by atoms with Crippen molar-refractivity contribution < 1.29 is 8.78 Å². The van der Waals surface area contributed by atoms with Crippen molar-refractivity contribution >= 4 is 15.9 Å². The van der Waals surface area contributed by atoms with Crippen LogP contribution in [0.5, 0.6) is 0 Å². The van der Waals surface area contributed by atoms with Gasteiger partial charge in [-0.05, 0) is 15.9 Å². The summed E-state index contributed by atoms with van der Waals surface area (Å²) in [5, 5.41) is 0. The first kappa shape index (κ1) is 7.65. The molecule has 0 saturated carbocycles. The minimum Gasteiger partial charge on any atom is -0.321 e. The molecule has 1 rings (SSSR count). The van der Waals surface area contributed by atoms with Crippen molar-refractivity contribution in [3.05, 3.63) is 16.6 Å². The summed E-state index contributed by atoms with van der Waals surface area (Å²) >= 11 is 3.00. The second-order valence-corrected chi connectivity index (χ2v) is 2.52. The molecular formula is C5H5BrF2N2. The summed E-state index contributed by atoms with van der Waals surface area (Å²) in [7, 11) is 1.53. The Bertz CT molecular complexity index is 234. The first-order valence-corrected chi connectivity index (χ1v) is 3.37. The molecule has 0 aliphatic heterocycles. The van der Waals surface area contributed by atoms with E-state index in [1.165, 1.54) is 11.6 Å². The predicted molar refractivity (Wildman–Crippen MR) is 35.9 cm³/mol. The van der Waals surface area contributed by atoms with Gasteiger partial charge in [-0.2, -0.15) is 0 Å². The van der Waals surface area contributed by atoms with Crippen molar-refractivity contribution in [2.24, 2.45) is 7.05 Å². The van der Waals surface area contributed by atoms with Crippen molar-refractivity contribution in [1.29, 1.82) is 0 Å². The maximum Gasteiger partial charge on any atom is 0.280 e. The number of hydrogen-bond donors (Lipinski definition) is 0. The zero-order valence-corrected chi connectivity index (χ0v) is 6.77. The van der Waals surface area contributed by atoms with E-state index in [0.717, 1.165) is 6.20 Å². The summed E-state index contributed by atoms with van der Waals surface area (Å²) in [5.41, 5.74) is -0.0770. The molecule has 0 bridgehead atoms. The van der Waals surface area contributed by atoms with Crippen molar-refractivity contribution in [2.75, 3.05) is 0 Å². The summed E-state index contributed by atoms with van der Waals surface area (Å²) in [6.45, 7) is 0. The van der Waals surface area contributed by atoms with Crippen LogP contribution in [0, 0.1) is 0 Å². The van der Waals surface area contributed by atoms with Gasteiger partial charge in [-0.15, -0.1) is 0 Å². The number of alkyl halides is 2. The van der Waals surface area contributed by atoms with Gasteiger partial charge in [0.25, 0.3) is 6.43 Å². The largest absolute Gasteiger partial charge is 0.321 e. The van der Waals surface area contributed by atoms with Crippen LogP contribution in [-0.2, 0) is 7.05 Å². The molecule has 5 heteroatoms. The molecule has 0 aromatic carbocycles. The highest BCUT2D eigenvalue weighted by molar-refractivity contribution is 9.10. The summed E-state index contributed by atoms with van der Waals surface area (Å²) in [6.07, 6.45) is -1.31. The number of hydrogen-bond acceptors (Lipinski definition) is 1. The van der Waals surface area contributed by atoms with Crippen molar-refractivity contribution in [3.8, 4) is 0 Å². The van der Waals surface area contributed by atoms with Gasteiger partial charge in [0.2, 0.25) is 0 Å². The lowest BCUT2D eigenvalue weighted by atomic mass is 10.5. The molecule has 1 heterocycles. The molecule has 0 aliphatic rings. The van der Waals surface area contributed by atoms with Crippen LogP contribution in [0.2, 0.25) is 0 Å². The summed E-state index contributed by atoms with van der Waals surface area (Å²) in [5.74, 6) is 0. The molecule has 10 heavy (non-hydrogen) atoms. The average Bonchev–Trinajstić information content (AvgIpc) is 2.14. The molecule has 0 radical (unpaired) electrons. The van der Waals surface area contributed by atoms with Crippen LogP contribution in [0.3, 0.4) is 0 Å². The monoisotopic (exact) mass is 210 g/mol. The Morgan fingerprint density at radius 1 is 1.70 bits per heavy atom. The van der Waals surface area contributed by atoms with Crippen LogP contribution < -0.4 is 0 Å². The Labute approximate surface area is 65.0 Å². The Kier molecular flexibility index (Phi) is 2.03. The Hall–Kier alpha value is -0.450. The van der Waals surface area contributed by atoms with Gasteiger partial charge in [-0.1, -0.05) is 0 Å². The summed E-state index contributed by atoms with van der Waals surface area (Å²) in [4.78, 5) is 3.64. The predicted octanol–water partition coefficient (Wildman–Crippen LogP) is 2.12. The molecule has 2 nitrogen and oxygen atoms in total. The number of halogens is 3. The van der Waals surface area contributed by atoms with Crippen molar-refractivity contribution in [2.45, 2.75) is 6.43 Å². The molecule has 0 unspecified atom stereocenters. The second-order valence-electron chi connectivity index (χ2n) is 1.81. The minimum absolute atomic E-state index is 0.0770. The molecule has 56 valence electrons. The molecule has 0 amide bonds. The molecule has 0 fully saturated rings. The third kappa shape index (κ3) is 1.18. The lowest BCUT2D eigenvalue weighted by molar-refractivity contribution is 0.142. The third-order valence-electron chi connectivity index (χ3n) is 1.19. The lowest BCUT2D eigenvalue weighted by Crippen LogP contribution is -1.95. The van der Waals surface area contributed by atoms with E-state index in [1.807, 2.05) is 0 Å². The molecular weight excluding hydrogens is 206 g/mol. The third-order valence-corrected chi connectivity index (χ3v) is 1.93. The summed E-state index contributed by atoms with van der Waals surface area (Å²) < 4.78 is 25.6. The van der Waals surface area contributed by atoms with Gasteiger partial charge in [-0.25, -0.2) is 13.8 Å². The average molecular weight is 211 g/mol. The van der Waals surface area contributed by atoms with E-state index in [9.17, 15) is 8.78 Å². The van der Waals surface area contributed by atoms with E-state index in [2.05, 4.69) is 20.9 Å². The number of nitrogens with zero attached hydrogens (tertiary/aromatic N) is 2. The van der Waals surface area contributed by atoms with Gasteiger partial charge < -0.3 is 4.57 Å². The molecule has 0 spiro atoms. The number of aromatic nitrogens is 2. The highest BCUT2D eigenvalue weighted by Crippen LogP contribution is 2.20. The quantitative estimate of drug-likeness (QED) is 0.695. The fourth-order valence-corrected chi connectivity index (χ4v) is 0.909. The maximum absolute atomic E-state index is 12.0. The van der Waals surface area contributed by atoms with Gasteiger partial charge in [0.15, 0.2) is 4.73 Å². The fraction of sp³-hybridized carbons (Fsp3) is 0.400. The molecule has 0 saturated heterocycles. The Morgan fingerprint density at radius 2 is 2.30 bits per heavy atom. The minimum atomic E-state index is -2.45.